The van der Waals surface area contributed by atoms with Gasteiger partial charge in [0.2, 0.25) is 0 Å². The second-order valence-electron chi connectivity index (χ2n) is 4.15. The van der Waals surface area contributed by atoms with Crippen molar-refractivity contribution < 1.29 is 0 Å². The normalized spacial score (nSPS) is 10.8. The Bertz CT molecular complexity index is 753. The van der Waals surface area contributed by atoms with E-state index in [0.29, 0.717) is 10.7 Å². The number of nitrogens with zero attached hydrogens (tertiary/aromatic N) is 1. The number of hydrogen-bond acceptors (Lipinski definition) is 3. The van der Waals surface area contributed by atoms with Crippen molar-refractivity contribution >= 4 is 55.5 Å². The molecule has 0 atom stereocenters. The van der Waals surface area contributed by atoms with Gasteiger partial charge in [0.25, 0.3) is 0 Å². The SMILES string of the molecule is Nc1cc2cn[nH]c2cc1Nc1cc(Br)ccc1Cl. The van der Waals surface area contributed by atoms with E-state index in [-0.39, 0.29) is 0 Å². The lowest BCUT2D eigenvalue weighted by molar-refractivity contribution is 1.12. The number of halogens is 2. The zero-order chi connectivity index (χ0) is 13.4. The third-order valence-corrected chi connectivity index (χ3v) is 3.63. The molecule has 2 aromatic carbocycles. The molecule has 0 bridgehead atoms. The van der Waals surface area contributed by atoms with Crippen LogP contribution in [0.2, 0.25) is 5.02 Å². The van der Waals surface area contributed by atoms with E-state index in [2.05, 4.69) is 31.4 Å². The Balaban J connectivity index is 2.04. The maximum Gasteiger partial charge on any atom is 0.0672 e. The summed E-state index contributed by atoms with van der Waals surface area (Å²) in [7, 11) is 0. The third kappa shape index (κ3) is 2.39. The lowest BCUT2D eigenvalue weighted by Crippen LogP contribution is -1.97. The number of benzene rings is 2. The molecule has 0 fully saturated rings. The van der Waals surface area contributed by atoms with Crippen LogP contribution in [0.1, 0.15) is 0 Å². The number of nitrogen functional groups attached to an aromatic ring is 1. The van der Waals surface area contributed by atoms with Crippen molar-refractivity contribution in [2.75, 3.05) is 11.1 Å². The lowest BCUT2D eigenvalue weighted by Gasteiger charge is -2.11. The summed E-state index contributed by atoms with van der Waals surface area (Å²) in [5.74, 6) is 0. The Kier molecular flexibility index (Phi) is 3.08. The molecule has 0 radical (unpaired) electrons. The Labute approximate surface area is 123 Å². The van der Waals surface area contributed by atoms with Gasteiger partial charge in [0.15, 0.2) is 0 Å². The van der Waals surface area contributed by atoms with Crippen LogP contribution in [0.4, 0.5) is 17.1 Å². The average molecular weight is 338 g/mol. The largest absolute Gasteiger partial charge is 0.397 e. The zero-order valence-electron chi connectivity index (χ0n) is 9.74. The van der Waals surface area contributed by atoms with Gasteiger partial charge in [-0.2, -0.15) is 5.10 Å². The second-order valence-corrected chi connectivity index (χ2v) is 5.47. The first-order chi connectivity index (χ1) is 9.13. The van der Waals surface area contributed by atoms with Crippen LogP contribution >= 0.6 is 27.5 Å². The summed E-state index contributed by atoms with van der Waals surface area (Å²) in [4.78, 5) is 0. The molecule has 0 unspecified atom stereocenters. The first-order valence-electron chi connectivity index (χ1n) is 5.58. The molecule has 19 heavy (non-hydrogen) atoms. The van der Waals surface area contributed by atoms with E-state index in [1.807, 2.05) is 30.3 Å². The van der Waals surface area contributed by atoms with E-state index in [4.69, 9.17) is 17.3 Å². The highest BCUT2D eigenvalue weighted by atomic mass is 79.9. The van der Waals surface area contributed by atoms with Crippen LogP contribution < -0.4 is 11.1 Å². The minimum absolute atomic E-state index is 0.632. The van der Waals surface area contributed by atoms with Gasteiger partial charge in [0.05, 0.1) is 33.8 Å². The maximum absolute atomic E-state index is 6.15. The highest BCUT2D eigenvalue weighted by molar-refractivity contribution is 9.10. The van der Waals surface area contributed by atoms with Crippen molar-refractivity contribution in [3.63, 3.8) is 0 Å². The predicted octanol–water partition coefficient (Wildman–Crippen LogP) is 4.30. The molecule has 0 saturated heterocycles. The van der Waals surface area contributed by atoms with Gasteiger partial charge in [-0.15, -0.1) is 0 Å². The Hall–Kier alpha value is -1.72. The highest BCUT2D eigenvalue weighted by Crippen LogP contribution is 2.32. The molecule has 3 aromatic rings. The van der Waals surface area contributed by atoms with E-state index in [1.54, 1.807) is 6.20 Å². The smallest absolute Gasteiger partial charge is 0.0672 e. The molecule has 1 aromatic heterocycles. The molecular weight excluding hydrogens is 328 g/mol. The van der Waals surface area contributed by atoms with Crippen molar-refractivity contribution in [2.45, 2.75) is 0 Å². The molecule has 4 nitrogen and oxygen atoms in total. The lowest BCUT2D eigenvalue weighted by atomic mass is 10.2. The summed E-state index contributed by atoms with van der Waals surface area (Å²) in [6, 6.07) is 9.38. The molecule has 0 aliphatic carbocycles. The summed E-state index contributed by atoms with van der Waals surface area (Å²) in [6.45, 7) is 0. The van der Waals surface area contributed by atoms with Crippen molar-refractivity contribution in [3.8, 4) is 0 Å². The zero-order valence-corrected chi connectivity index (χ0v) is 12.1. The number of nitrogens with one attached hydrogen (secondary N) is 2. The van der Waals surface area contributed by atoms with Crippen LogP contribution in [0.15, 0.2) is 41.0 Å². The van der Waals surface area contributed by atoms with E-state index < -0.39 is 0 Å². The molecule has 6 heteroatoms. The van der Waals surface area contributed by atoms with E-state index >= 15 is 0 Å². The van der Waals surface area contributed by atoms with E-state index in [9.17, 15) is 0 Å². The molecule has 96 valence electrons. The fourth-order valence-electron chi connectivity index (χ4n) is 1.86. The predicted molar refractivity (Wildman–Crippen MR) is 82.9 cm³/mol. The Morgan fingerprint density at radius 3 is 2.89 bits per heavy atom. The molecule has 0 amide bonds. The molecule has 0 aliphatic heterocycles. The van der Waals surface area contributed by atoms with Crippen LogP contribution in [0.3, 0.4) is 0 Å². The van der Waals surface area contributed by atoms with Gasteiger partial charge in [-0.1, -0.05) is 27.5 Å². The van der Waals surface area contributed by atoms with Crippen LogP contribution in [0.5, 0.6) is 0 Å². The first-order valence-corrected chi connectivity index (χ1v) is 6.75. The minimum atomic E-state index is 0.632. The summed E-state index contributed by atoms with van der Waals surface area (Å²) in [5, 5.41) is 11.7. The molecule has 0 spiro atoms. The van der Waals surface area contributed by atoms with Gasteiger partial charge < -0.3 is 11.1 Å². The third-order valence-electron chi connectivity index (χ3n) is 2.81. The standard InChI is InChI=1S/C13H10BrClN4/c14-8-1-2-9(15)12(4-8)18-13-5-11-7(3-10(13)16)6-17-19-11/h1-6,18H,16H2,(H,17,19). The number of anilines is 3. The van der Waals surface area contributed by atoms with Crippen molar-refractivity contribution in [1.29, 1.82) is 0 Å². The van der Waals surface area contributed by atoms with Gasteiger partial charge in [-0.25, -0.2) is 0 Å². The number of fused-ring (bicyclic) bond motifs is 1. The first kappa shape index (κ1) is 12.3. The van der Waals surface area contributed by atoms with Crippen molar-refractivity contribution in [3.05, 3.63) is 46.0 Å². The topological polar surface area (TPSA) is 66.7 Å². The molecule has 0 aliphatic rings. The van der Waals surface area contributed by atoms with E-state index in [1.165, 1.54) is 0 Å². The number of hydrogen-bond donors (Lipinski definition) is 3. The molecule has 3 rings (SSSR count). The number of H-pyrrole nitrogens is 1. The summed E-state index contributed by atoms with van der Waals surface area (Å²) in [6.07, 6.45) is 1.74. The van der Waals surface area contributed by atoms with Crippen LogP contribution in [-0.4, -0.2) is 10.2 Å². The minimum Gasteiger partial charge on any atom is -0.397 e. The highest BCUT2D eigenvalue weighted by Gasteiger charge is 2.07. The second kappa shape index (κ2) is 4.75. The average Bonchev–Trinajstić information content (AvgIpc) is 2.81. The van der Waals surface area contributed by atoms with Gasteiger partial charge in [0.1, 0.15) is 0 Å². The van der Waals surface area contributed by atoms with Crippen molar-refractivity contribution in [2.24, 2.45) is 0 Å². The summed E-state index contributed by atoms with van der Waals surface area (Å²) in [5.41, 5.74) is 9.17. The molecule has 1 heterocycles. The van der Waals surface area contributed by atoms with Crippen molar-refractivity contribution in [1.82, 2.24) is 10.2 Å². The van der Waals surface area contributed by atoms with Gasteiger partial charge in [-0.3, -0.25) is 5.10 Å². The number of nitrogens with two attached hydrogens (primary N) is 1. The monoisotopic (exact) mass is 336 g/mol. The number of aromatic nitrogens is 2. The van der Waals surface area contributed by atoms with Gasteiger partial charge >= 0.3 is 0 Å². The number of aromatic amines is 1. The Morgan fingerprint density at radius 1 is 1.21 bits per heavy atom. The van der Waals surface area contributed by atoms with Crippen LogP contribution in [-0.2, 0) is 0 Å². The van der Waals surface area contributed by atoms with Crippen LogP contribution in [0.25, 0.3) is 10.9 Å². The maximum atomic E-state index is 6.15. The van der Waals surface area contributed by atoms with E-state index in [0.717, 1.165) is 26.8 Å². The van der Waals surface area contributed by atoms with Gasteiger partial charge in [-0.05, 0) is 30.3 Å². The fraction of sp³-hybridized carbons (Fsp3) is 0. The molecule has 0 saturated carbocycles. The Morgan fingerprint density at radius 2 is 2.05 bits per heavy atom. The summed E-state index contributed by atoms with van der Waals surface area (Å²) < 4.78 is 0.945. The van der Waals surface area contributed by atoms with Crippen LogP contribution in [0, 0.1) is 0 Å². The summed E-state index contributed by atoms with van der Waals surface area (Å²) >= 11 is 9.57. The quantitative estimate of drug-likeness (QED) is 0.611. The number of rotatable bonds is 2. The van der Waals surface area contributed by atoms with Gasteiger partial charge in [0, 0.05) is 9.86 Å². The molecule has 4 N–H and O–H groups in total. The fourth-order valence-corrected chi connectivity index (χ4v) is 2.38. The molecular formula is C13H10BrClN4.